The lowest BCUT2D eigenvalue weighted by Gasteiger charge is -2.34. The lowest BCUT2D eigenvalue weighted by molar-refractivity contribution is -0.129. The highest BCUT2D eigenvalue weighted by Gasteiger charge is 2.26. The van der Waals surface area contributed by atoms with Crippen molar-refractivity contribution in [3.8, 4) is 0 Å². The first-order valence-corrected chi connectivity index (χ1v) is 6.97. The van der Waals surface area contributed by atoms with Gasteiger partial charge in [-0.25, -0.2) is 0 Å². The summed E-state index contributed by atoms with van der Waals surface area (Å²) >= 11 is 0. The van der Waals surface area contributed by atoms with Crippen LogP contribution in [-0.2, 0) is 4.79 Å². The third-order valence-corrected chi connectivity index (χ3v) is 3.35. The molecular weight excluding hydrogens is 212 g/mol. The van der Waals surface area contributed by atoms with Gasteiger partial charge >= 0.3 is 0 Å². The van der Waals surface area contributed by atoms with Crippen LogP contribution in [0.15, 0.2) is 0 Å². The zero-order valence-electron chi connectivity index (χ0n) is 11.9. The predicted molar refractivity (Wildman–Crippen MR) is 72.0 cm³/mol. The Morgan fingerprint density at radius 3 is 2.71 bits per heavy atom. The molecule has 0 bridgehead atoms. The Balaban J connectivity index is 2.37. The molecule has 1 atom stereocenters. The zero-order valence-corrected chi connectivity index (χ0v) is 11.9. The Bertz CT molecular complexity index is 245. The van der Waals surface area contributed by atoms with Crippen LogP contribution in [0.25, 0.3) is 0 Å². The Kier molecular flexibility index (Phi) is 5.44. The number of likely N-dealkylation sites (tertiary alicyclic amines) is 1. The third kappa shape index (κ3) is 5.07. The molecule has 17 heavy (non-hydrogen) atoms. The van der Waals surface area contributed by atoms with Crippen LogP contribution in [0.4, 0.5) is 0 Å². The van der Waals surface area contributed by atoms with Gasteiger partial charge < -0.3 is 10.2 Å². The van der Waals surface area contributed by atoms with Gasteiger partial charge in [0.15, 0.2) is 0 Å². The number of nitrogens with zero attached hydrogens (tertiary/aromatic N) is 1. The zero-order chi connectivity index (χ0) is 12.9. The van der Waals surface area contributed by atoms with Crippen LogP contribution < -0.4 is 5.32 Å². The fourth-order valence-electron chi connectivity index (χ4n) is 2.16. The molecule has 0 aromatic carbocycles. The van der Waals surface area contributed by atoms with Gasteiger partial charge in [-0.3, -0.25) is 4.79 Å². The first kappa shape index (κ1) is 14.5. The second kappa shape index (κ2) is 6.39. The van der Waals surface area contributed by atoms with Crippen LogP contribution >= 0.6 is 0 Å². The second-order valence-corrected chi connectivity index (χ2v) is 6.22. The van der Waals surface area contributed by atoms with Crippen molar-refractivity contribution in [2.24, 2.45) is 5.41 Å². The first-order valence-electron chi connectivity index (χ1n) is 6.97. The average Bonchev–Trinajstić information content (AvgIpc) is 2.25. The van der Waals surface area contributed by atoms with E-state index in [1.54, 1.807) is 0 Å². The molecule has 1 aliphatic heterocycles. The molecule has 3 heteroatoms. The molecule has 1 heterocycles. The highest BCUT2D eigenvalue weighted by molar-refractivity contribution is 5.81. The first-order chi connectivity index (χ1) is 7.93. The van der Waals surface area contributed by atoms with Gasteiger partial charge in [0.05, 0.1) is 0 Å². The van der Waals surface area contributed by atoms with Crippen molar-refractivity contribution in [3.63, 3.8) is 0 Å². The second-order valence-electron chi connectivity index (χ2n) is 6.22. The maximum Gasteiger partial charge on any atom is 0.225 e. The smallest absolute Gasteiger partial charge is 0.225 e. The molecule has 0 spiro atoms. The highest BCUT2D eigenvalue weighted by Crippen LogP contribution is 2.16. The summed E-state index contributed by atoms with van der Waals surface area (Å²) in [5.41, 5.74) is -0.272. The van der Waals surface area contributed by atoms with E-state index < -0.39 is 0 Å². The maximum absolute atomic E-state index is 11.9. The molecule has 1 aliphatic rings. The summed E-state index contributed by atoms with van der Waals surface area (Å²) in [5.74, 6) is 0.180. The maximum atomic E-state index is 11.9. The SMILES string of the molecule is CCCCN1CCCC(NC(=O)C(C)(C)C)C1. The van der Waals surface area contributed by atoms with E-state index in [0.717, 1.165) is 13.0 Å². The predicted octanol–water partition coefficient (Wildman–Crippen LogP) is 2.41. The van der Waals surface area contributed by atoms with E-state index in [0.29, 0.717) is 6.04 Å². The van der Waals surface area contributed by atoms with E-state index in [-0.39, 0.29) is 11.3 Å². The van der Waals surface area contributed by atoms with Gasteiger partial charge in [-0.05, 0) is 32.4 Å². The molecular formula is C14H28N2O. The van der Waals surface area contributed by atoms with Crippen molar-refractivity contribution < 1.29 is 4.79 Å². The molecule has 1 N–H and O–H groups in total. The third-order valence-electron chi connectivity index (χ3n) is 3.35. The number of nitrogens with one attached hydrogen (secondary N) is 1. The van der Waals surface area contributed by atoms with Gasteiger partial charge in [-0.15, -0.1) is 0 Å². The number of amides is 1. The number of unbranched alkanes of at least 4 members (excludes halogenated alkanes) is 1. The minimum absolute atomic E-state index is 0.180. The Morgan fingerprint density at radius 2 is 2.12 bits per heavy atom. The van der Waals surface area contributed by atoms with Crippen molar-refractivity contribution >= 4 is 5.91 Å². The van der Waals surface area contributed by atoms with Crippen molar-refractivity contribution in [1.82, 2.24) is 10.2 Å². The largest absolute Gasteiger partial charge is 0.352 e. The number of hydrogen-bond donors (Lipinski definition) is 1. The van der Waals surface area contributed by atoms with E-state index in [4.69, 9.17) is 0 Å². The Hall–Kier alpha value is -0.570. The Morgan fingerprint density at radius 1 is 1.41 bits per heavy atom. The normalized spacial score (nSPS) is 22.5. The number of carbonyl (C=O) groups excluding carboxylic acids is 1. The molecule has 0 aromatic rings. The summed E-state index contributed by atoms with van der Waals surface area (Å²) in [4.78, 5) is 14.4. The molecule has 0 aromatic heterocycles. The van der Waals surface area contributed by atoms with Crippen LogP contribution in [0.2, 0.25) is 0 Å². The van der Waals surface area contributed by atoms with Gasteiger partial charge in [0.25, 0.3) is 0 Å². The summed E-state index contributed by atoms with van der Waals surface area (Å²) in [6.07, 6.45) is 4.85. The lowest BCUT2D eigenvalue weighted by Crippen LogP contribution is -2.50. The minimum atomic E-state index is -0.272. The van der Waals surface area contributed by atoms with Crippen molar-refractivity contribution in [2.75, 3.05) is 19.6 Å². The quantitative estimate of drug-likeness (QED) is 0.818. The number of hydrogen-bond acceptors (Lipinski definition) is 2. The number of carbonyl (C=O) groups is 1. The van der Waals surface area contributed by atoms with Gasteiger partial charge in [-0.2, -0.15) is 0 Å². The standard InChI is InChI=1S/C14H28N2O/c1-5-6-9-16-10-7-8-12(11-16)15-13(17)14(2,3)4/h12H,5-11H2,1-4H3,(H,15,17). The summed E-state index contributed by atoms with van der Waals surface area (Å²) < 4.78 is 0. The van der Waals surface area contributed by atoms with Crippen LogP contribution in [0.5, 0.6) is 0 Å². The van der Waals surface area contributed by atoms with Gasteiger partial charge in [0.2, 0.25) is 5.91 Å². The van der Waals surface area contributed by atoms with E-state index in [1.807, 2.05) is 20.8 Å². The van der Waals surface area contributed by atoms with Crippen LogP contribution in [0, 0.1) is 5.41 Å². The molecule has 100 valence electrons. The van der Waals surface area contributed by atoms with Crippen LogP contribution in [-0.4, -0.2) is 36.5 Å². The van der Waals surface area contributed by atoms with E-state index in [9.17, 15) is 4.79 Å². The van der Waals surface area contributed by atoms with E-state index in [1.165, 1.54) is 32.4 Å². The Labute approximate surface area is 106 Å². The lowest BCUT2D eigenvalue weighted by atomic mass is 9.94. The monoisotopic (exact) mass is 240 g/mol. The van der Waals surface area contributed by atoms with Crippen molar-refractivity contribution in [3.05, 3.63) is 0 Å². The molecule has 0 saturated carbocycles. The summed E-state index contributed by atoms with van der Waals surface area (Å²) in [6.45, 7) is 11.5. The summed E-state index contributed by atoms with van der Waals surface area (Å²) in [5, 5.41) is 3.18. The van der Waals surface area contributed by atoms with Gasteiger partial charge in [-0.1, -0.05) is 34.1 Å². The topological polar surface area (TPSA) is 32.3 Å². The average molecular weight is 240 g/mol. The summed E-state index contributed by atoms with van der Waals surface area (Å²) in [7, 11) is 0. The molecule has 1 fully saturated rings. The minimum Gasteiger partial charge on any atom is -0.352 e. The number of piperidine rings is 1. The molecule has 1 unspecified atom stereocenters. The van der Waals surface area contributed by atoms with Crippen molar-refractivity contribution in [1.29, 1.82) is 0 Å². The number of rotatable bonds is 4. The van der Waals surface area contributed by atoms with E-state index >= 15 is 0 Å². The van der Waals surface area contributed by atoms with Gasteiger partial charge in [0, 0.05) is 18.0 Å². The van der Waals surface area contributed by atoms with Crippen molar-refractivity contribution in [2.45, 2.75) is 59.4 Å². The molecule has 1 rings (SSSR count). The molecule has 0 radical (unpaired) electrons. The van der Waals surface area contributed by atoms with E-state index in [2.05, 4.69) is 17.1 Å². The molecule has 1 amide bonds. The fraction of sp³-hybridized carbons (Fsp3) is 0.929. The summed E-state index contributed by atoms with van der Waals surface area (Å²) in [6, 6.07) is 0.354. The van der Waals surface area contributed by atoms with Crippen LogP contribution in [0.1, 0.15) is 53.4 Å². The highest BCUT2D eigenvalue weighted by atomic mass is 16.2. The van der Waals surface area contributed by atoms with Gasteiger partial charge in [0.1, 0.15) is 0 Å². The molecule has 1 saturated heterocycles. The molecule has 0 aliphatic carbocycles. The molecule has 3 nitrogen and oxygen atoms in total. The fourth-order valence-corrected chi connectivity index (χ4v) is 2.16. The van der Waals surface area contributed by atoms with Crippen LogP contribution in [0.3, 0.4) is 0 Å².